The molecule has 186 valence electrons. The zero-order chi connectivity index (χ0) is 25.6. The van der Waals surface area contributed by atoms with Gasteiger partial charge in [0, 0.05) is 12.1 Å². The molecule has 0 saturated carbocycles. The van der Waals surface area contributed by atoms with Crippen molar-refractivity contribution >= 4 is 17.6 Å². The highest BCUT2D eigenvalue weighted by molar-refractivity contribution is 6.30. The van der Waals surface area contributed by atoms with Crippen molar-refractivity contribution in [3.05, 3.63) is 94.3 Å². The monoisotopic (exact) mass is 499 g/mol. The number of aliphatic hydroxyl groups excluding tert-OH is 1. The van der Waals surface area contributed by atoms with Gasteiger partial charge >= 0.3 is 5.97 Å². The van der Waals surface area contributed by atoms with E-state index in [9.17, 15) is 14.3 Å². The summed E-state index contributed by atoms with van der Waals surface area (Å²) in [5, 5.41) is 23.1. The Morgan fingerprint density at radius 3 is 2.46 bits per heavy atom. The lowest BCUT2D eigenvalue weighted by atomic mass is 9.94. The van der Waals surface area contributed by atoms with Crippen LogP contribution < -0.4 is 5.32 Å². The molecule has 0 fully saturated rings. The number of rotatable bonds is 11. The van der Waals surface area contributed by atoms with Crippen LogP contribution in [-0.2, 0) is 11.2 Å². The number of aliphatic hydroxyl groups is 1. The van der Waals surface area contributed by atoms with E-state index < -0.39 is 17.9 Å². The molecular weight excluding hydrogens is 469 g/mol. The van der Waals surface area contributed by atoms with Gasteiger partial charge in [0.15, 0.2) is 0 Å². The molecule has 0 heterocycles. The van der Waals surface area contributed by atoms with Crippen LogP contribution in [-0.4, -0.2) is 41.0 Å². The van der Waals surface area contributed by atoms with Crippen molar-refractivity contribution in [1.82, 2.24) is 5.32 Å². The van der Waals surface area contributed by atoms with Gasteiger partial charge in [-0.2, -0.15) is 0 Å². The fourth-order valence-corrected chi connectivity index (χ4v) is 4.04. The van der Waals surface area contributed by atoms with E-state index in [0.717, 1.165) is 22.3 Å². The van der Waals surface area contributed by atoms with E-state index in [4.69, 9.17) is 21.4 Å². The van der Waals surface area contributed by atoms with Gasteiger partial charge < -0.3 is 20.3 Å². The van der Waals surface area contributed by atoms with Gasteiger partial charge in [-0.1, -0.05) is 54.1 Å². The predicted octanol–water partition coefficient (Wildman–Crippen LogP) is 5.89. The zero-order valence-corrected chi connectivity index (χ0v) is 20.8. The minimum Gasteiger partial charge on any atom is -0.478 e. The number of hydrogen-bond donors (Lipinski definition) is 3. The third-order valence-corrected chi connectivity index (χ3v) is 6.13. The molecule has 0 aliphatic rings. The van der Waals surface area contributed by atoms with Crippen molar-refractivity contribution in [1.29, 1.82) is 0 Å². The molecule has 35 heavy (non-hydrogen) atoms. The van der Waals surface area contributed by atoms with Crippen LogP contribution in [0.25, 0.3) is 11.1 Å². The molecule has 0 radical (unpaired) electrons. The van der Waals surface area contributed by atoms with E-state index in [-0.39, 0.29) is 28.8 Å². The first-order valence-electron chi connectivity index (χ1n) is 11.5. The molecule has 0 aromatic heterocycles. The van der Waals surface area contributed by atoms with Crippen molar-refractivity contribution in [3.63, 3.8) is 0 Å². The number of benzene rings is 3. The van der Waals surface area contributed by atoms with Crippen LogP contribution in [0.5, 0.6) is 0 Å². The van der Waals surface area contributed by atoms with Crippen LogP contribution in [0.3, 0.4) is 0 Å². The topological polar surface area (TPSA) is 78.8 Å². The smallest absolute Gasteiger partial charge is 0.335 e. The molecule has 0 aliphatic heterocycles. The third-order valence-electron chi connectivity index (χ3n) is 5.83. The molecular formula is C28H31ClFNO4. The Morgan fingerprint density at radius 2 is 1.80 bits per heavy atom. The Kier molecular flexibility index (Phi) is 9.03. The van der Waals surface area contributed by atoms with E-state index >= 15 is 0 Å². The number of hydrogen-bond acceptors (Lipinski definition) is 4. The van der Waals surface area contributed by atoms with Gasteiger partial charge in [0.05, 0.1) is 29.4 Å². The molecule has 0 spiro atoms. The Hall–Kier alpha value is -2.77. The van der Waals surface area contributed by atoms with Gasteiger partial charge in [-0.25, -0.2) is 9.18 Å². The number of ether oxygens (including phenoxy) is 1. The SMILES string of the molecule is C[C@@H](OC[C@H](O)CNC(C)(C)Cc1ccc(Cl)c(F)c1)c1ccccc1-c1ccc(C(=O)O)cc1. The lowest BCUT2D eigenvalue weighted by molar-refractivity contribution is -0.00397. The van der Waals surface area contributed by atoms with E-state index in [1.165, 1.54) is 6.07 Å². The average Bonchev–Trinajstić information content (AvgIpc) is 2.83. The van der Waals surface area contributed by atoms with Crippen LogP contribution >= 0.6 is 11.6 Å². The Labute approximate surface area is 210 Å². The summed E-state index contributed by atoms with van der Waals surface area (Å²) in [5.74, 6) is -1.41. The zero-order valence-electron chi connectivity index (χ0n) is 20.1. The fourth-order valence-electron chi connectivity index (χ4n) is 3.93. The van der Waals surface area contributed by atoms with Crippen LogP contribution in [0, 0.1) is 5.82 Å². The summed E-state index contributed by atoms with van der Waals surface area (Å²) >= 11 is 5.76. The standard InChI is InChI=1S/C28H31ClFNO4/c1-18(23-6-4-5-7-24(23)20-9-11-21(12-10-20)27(33)34)35-17-22(32)16-31-28(2,3)15-19-8-13-25(29)26(30)14-19/h4-14,18,22,31-32H,15-17H2,1-3H3,(H,33,34)/t18-,22-/m1/s1. The summed E-state index contributed by atoms with van der Waals surface area (Å²) in [6.45, 7) is 6.34. The number of carboxylic acids is 1. The van der Waals surface area contributed by atoms with Gasteiger partial charge in [0.25, 0.3) is 0 Å². The first-order chi connectivity index (χ1) is 16.6. The molecule has 2 atom stereocenters. The molecule has 3 aromatic carbocycles. The summed E-state index contributed by atoms with van der Waals surface area (Å²) in [6.07, 6.45) is -0.454. The summed E-state index contributed by atoms with van der Waals surface area (Å²) in [5.41, 5.74) is 3.46. The summed E-state index contributed by atoms with van der Waals surface area (Å²) < 4.78 is 19.7. The van der Waals surface area contributed by atoms with E-state index in [2.05, 4.69) is 5.32 Å². The molecule has 0 bridgehead atoms. The first kappa shape index (κ1) is 26.8. The van der Waals surface area contributed by atoms with Gasteiger partial charge in [-0.3, -0.25) is 0 Å². The molecule has 5 nitrogen and oxygen atoms in total. The number of β-amino-alcohol motifs (C(OH)–C–C–N with tert-alkyl or cyclic N) is 1. The quantitative estimate of drug-likeness (QED) is 0.306. The molecule has 7 heteroatoms. The van der Waals surface area contributed by atoms with Crippen LogP contribution in [0.2, 0.25) is 5.02 Å². The molecule has 0 aliphatic carbocycles. The lowest BCUT2D eigenvalue weighted by Gasteiger charge is -2.28. The van der Waals surface area contributed by atoms with Crippen molar-refractivity contribution < 1.29 is 24.1 Å². The molecule has 3 rings (SSSR count). The maximum Gasteiger partial charge on any atom is 0.335 e. The summed E-state index contributed by atoms with van der Waals surface area (Å²) in [4.78, 5) is 11.1. The highest BCUT2D eigenvalue weighted by atomic mass is 35.5. The van der Waals surface area contributed by atoms with E-state index in [0.29, 0.717) is 13.0 Å². The second kappa shape index (κ2) is 11.8. The minimum atomic E-state index is -0.965. The molecule has 0 saturated heterocycles. The normalized spacial score (nSPS) is 13.4. The second-order valence-corrected chi connectivity index (χ2v) is 9.70. The van der Waals surface area contributed by atoms with Gasteiger partial charge in [0.2, 0.25) is 0 Å². The minimum absolute atomic E-state index is 0.0973. The Bertz CT molecular complexity index is 1150. The van der Waals surface area contributed by atoms with Crippen LogP contribution in [0.1, 0.15) is 48.4 Å². The van der Waals surface area contributed by atoms with Crippen LogP contribution in [0.4, 0.5) is 4.39 Å². The van der Waals surface area contributed by atoms with Crippen molar-refractivity contribution in [2.75, 3.05) is 13.2 Å². The van der Waals surface area contributed by atoms with Crippen molar-refractivity contribution in [2.45, 2.75) is 44.9 Å². The number of carboxylic acid groups (broad SMARTS) is 1. The maximum absolute atomic E-state index is 13.7. The molecule has 0 unspecified atom stereocenters. The average molecular weight is 500 g/mol. The third kappa shape index (κ3) is 7.61. The van der Waals surface area contributed by atoms with Crippen LogP contribution in [0.15, 0.2) is 66.7 Å². The second-order valence-electron chi connectivity index (χ2n) is 9.29. The highest BCUT2D eigenvalue weighted by Gasteiger charge is 2.21. The van der Waals surface area contributed by atoms with Crippen molar-refractivity contribution in [2.24, 2.45) is 0 Å². The maximum atomic E-state index is 13.7. The van der Waals surface area contributed by atoms with Gasteiger partial charge in [-0.15, -0.1) is 0 Å². The van der Waals surface area contributed by atoms with E-state index in [1.54, 1.807) is 36.4 Å². The number of nitrogens with one attached hydrogen (secondary N) is 1. The number of carbonyl (C=O) groups is 1. The first-order valence-corrected chi connectivity index (χ1v) is 11.8. The predicted molar refractivity (Wildman–Crippen MR) is 136 cm³/mol. The van der Waals surface area contributed by atoms with Crippen molar-refractivity contribution in [3.8, 4) is 11.1 Å². The number of halogens is 2. The molecule has 0 amide bonds. The largest absolute Gasteiger partial charge is 0.478 e. The fraction of sp³-hybridized carbons (Fsp3) is 0.321. The summed E-state index contributed by atoms with van der Waals surface area (Å²) in [7, 11) is 0. The van der Waals surface area contributed by atoms with E-state index in [1.807, 2.05) is 45.0 Å². The van der Waals surface area contributed by atoms with Gasteiger partial charge in [-0.05, 0) is 73.7 Å². The van der Waals surface area contributed by atoms with Gasteiger partial charge in [0.1, 0.15) is 5.82 Å². The Morgan fingerprint density at radius 1 is 1.11 bits per heavy atom. The molecule has 3 N–H and O–H groups in total. The molecule has 3 aromatic rings. The number of aromatic carboxylic acids is 1. The Balaban J connectivity index is 1.56. The summed E-state index contributed by atoms with van der Waals surface area (Å²) in [6, 6.07) is 19.3. The highest BCUT2D eigenvalue weighted by Crippen LogP contribution is 2.30. The lowest BCUT2D eigenvalue weighted by Crippen LogP contribution is -2.46.